The number of nitrogens with one attached hydrogen (secondary N) is 1. The van der Waals surface area contributed by atoms with Crippen LogP contribution >= 0.6 is 0 Å². The summed E-state index contributed by atoms with van der Waals surface area (Å²) in [7, 11) is 1.86. The third-order valence-electron chi connectivity index (χ3n) is 5.87. The van der Waals surface area contributed by atoms with Gasteiger partial charge in [0.1, 0.15) is 11.6 Å². The molecular weight excluding hydrogens is 355 g/mol. The van der Waals surface area contributed by atoms with E-state index in [1.54, 1.807) is 11.0 Å². The van der Waals surface area contributed by atoms with E-state index in [1.807, 2.05) is 25.8 Å². The summed E-state index contributed by atoms with van der Waals surface area (Å²) in [6.45, 7) is 5.52. The molecule has 1 unspecified atom stereocenters. The summed E-state index contributed by atoms with van der Waals surface area (Å²) in [6.07, 6.45) is 2.12. The lowest BCUT2D eigenvalue weighted by molar-refractivity contribution is -0.134. The van der Waals surface area contributed by atoms with Crippen molar-refractivity contribution in [3.8, 4) is 0 Å². The lowest BCUT2D eigenvalue weighted by Crippen LogP contribution is -2.47. The molecule has 0 saturated carbocycles. The standard InChI is InChI=1S/C20H22F3N3O/c1-4-26(5-2)20(27)10-6-11-15(25(3)9-10)7-12-17-16(11)13(21)8-14(22)18(17)24-19(12)23/h6,8,10,15,24H,4-5,7,9H2,1-3H3/t10?,15-/m0/s1. The topological polar surface area (TPSA) is 39.3 Å². The maximum atomic E-state index is 14.8. The number of hydrogen-bond donors (Lipinski definition) is 1. The molecule has 4 nitrogen and oxygen atoms in total. The highest BCUT2D eigenvalue weighted by molar-refractivity contribution is 6.00. The number of nitrogens with zero attached hydrogens (tertiary/aromatic N) is 2. The van der Waals surface area contributed by atoms with Crippen molar-refractivity contribution in [1.82, 2.24) is 14.8 Å². The number of carbonyl (C=O) groups excluding carboxylic acids is 1. The van der Waals surface area contributed by atoms with Crippen LogP contribution in [0.1, 0.15) is 25.0 Å². The molecule has 2 aromatic rings. The Hall–Kier alpha value is -2.28. The number of likely N-dealkylation sites (N-methyl/N-ethyl adjacent to an activating group) is 1. The highest BCUT2D eigenvalue weighted by Crippen LogP contribution is 2.43. The summed E-state index contributed by atoms with van der Waals surface area (Å²) in [5.74, 6) is -2.57. The number of fused-ring (bicyclic) bond motifs is 2. The van der Waals surface area contributed by atoms with E-state index in [0.29, 0.717) is 37.2 Å². The van der Waals surface area contributed by atoms with Gasteiger partial charge in [-0.15, -0.1) is 0 Å². The third-order valence-corrected chi connectivity index (χ3v) is 5.87. The largest absolute Gasteiger partial charge is 0.343 e. The van der Waals surface area contributed by atoms with Gasteiger partial charge in [0.25, 0.3) is 0 Å². The lowest BCUT2D eigenvalue weighted by Gasteiger charge is -2.40. The molecule has 0 fully saturated rings. The molecule has 1 aromatic heterocycles. The first-order valence-electron chi connectivity index (χ1n) is 9.26. The molecule has 0 bridgehead atoms. The molecule has 7 heteroatoms. The first-order valence-corrected chi connectivity index (χ1v) is 9.26. The molecule has 1 aromatic carbocycles. The van der Waals surface area contributed by atoms with E-state index in [9.17, 15) is 18.0 Å². The molecule has 1 aliphatic heterocycles. The van der Waals surface area contributed by atoms with E-state index in [4.69, 9.17) is 0 Å². The molecule has 1 aliphatic carbocycles. The molecular formula is C20H22F3N3O. The third kappa shape index (κ3) is 2.59. The van der Waals surface area contributed by atoms with Crippen molar-refractivity contribution < 1.29 is 18.0 Å². The number of H-pyrrole nitrogens is 1. The molecule has 2 atom stereocenters. The van der Waals surface area contributed by atoms with Gasteiger partial charge in [-0.2, -0.15) is 4.39 Å². The number of aromatic nitrogens is 1. The minimum atomic E-state index is -0.810. The number of benzene rings is 1. The van der Waals surface area contributed by atoms with Crippen LogP contribution in [0.2, 0.25) is 0 Å². The summed E-state index contributed by atoms with van der Waals surface area (Å²) in [5, 5.41) is 0.261. The van der Waals surface area contributed by atoms with Gasteiger partial charge in [0.2, 0.25) is 5.91 Å². The zero-order chi connectivity index (χ0) is 19.5. The van der Waals surface area contributed by atoms with Crippen LogP contribution in [0.3, 0.4) is 0 Å². The van der Waals surface area contributed by atoms with E-state index >= 15 is 0 Å². The fraction of sp³-hybridized carbons (Fsp3) is 0.450. The van der Waals surface area contributed by atoms with Crippen molar-refractivity contribution >= 4 is 22.4 Å². The second-order valence-corrected chi connectivity index (χ2v) is 7.28. The van der Waals surface area contributed by atoms with Crippen molar-refractivity contribution in [3.05, 3.63) is 40.9 Å². The first-order chi connectivity index (χ1) is 12.9. The number of aromatic amines is 1. The molecule has 0 radical (unpaired) electrons. The molecule has 1 amide bonds. The molecule has 2 aliphatic rings. The Bertz CT molecular complexity index is 961. The highest BCUT2D eigenvalue weighted by Gasteiger charge is 2.39. The molecule has 144 valence electrons. The van der Waals surface area contributed by atoms with Gasteiger partial charge in [0.05, 0.1) is 11.4 Å². The Morgan fingerprint density at radius 3 is 2.63 bits per heavy atom. The van der Waals surface area contributed by atoms with Crippen LogP contribution in [-0.2, 0) is 11.2 Å². The van der Waals surface area contributed by atoms with Crippen LogP contribution < -0.4 is 0 Å². The quantitative estimate of drug-likeness (QED) is 0.891. The maximum absolute atomic E-state index is 14.8. The van der Waals surface area contributed by atoms with E-state index < -0.39 is 23.5 Å². The summed E-state index contributed by atoms with van der Waals surface area (Å²) >= 11 is 0. The van der Waals surface area contributed by atoms with Gasteiger partial charge >= 0.3 is 0 Å². The van der Waals surface area contributed by atoms with E-state index in [-0.39, 0.29) is 28.4 Å². The molecule has 1 N–H and O–H groups in total. The van der Waals surface area contributed by atoms with Crippen LogP contribution in [0.4, 0.5) is 13.2 Å². The average Bonchev–Trinajstić information content (AvgIpc) is 2.97. The molecule has 4 rings (SSSR count). The van der Waals surface area contributed by atoms with Crippen molar-refractivity contribution in [2.45, 2.75) is 26.3 Å². The summed E-state index contributed by atoms with van der Waals surface area (Å²) in [4.78, 5) is 19.0. The SMILES string of the molecule is CCN(CC)C(=O)C1C=C2c3c(F)cc(F)c4[nH]c(F)c(c34)C[C@@H]2N(C)C1. The highest BCUT2D eigenvalue weighted by atomic mass is 19.1. The van der Waals surface area contributed by atoms with Crippen molar-refractivity contribution in [2.24, 2.45) is 5.92 Å². The van der Waals surface area contributed by atoms with E-state index in [0.717, 1.165) is 6.07 Å². The van der Waals surface area contributed by atoms with Crippen LogP contribution in [0, 0.1) is 23.5 Å². The number of carbonyl (C=O) groups is 1. The number of hydrogen-bond acceptors (Lipinski definition) is 2. The van der Waals surface area contributed by atoms with Crippen LogP contribution in [0.15, 0.2) is 12.1 Å². The number of rotatable bonds is 3. The zero-order valence-corrected chi connectivity index (χ0v) is 15.6. The van der Waals surface area contributed by atoms with E-state index in [1.165, 1.54) is 0 Å². The summed E-state index contributed by atoms with van der Waals surface area (Å²) in [6, 6.07) is 0.544. The van der Waals surface area contributed by atoms with E-state index in [2.05, 4.69) is 4.98 Å². The minimum absolute atomic E-state index is 0.0115. The Morgan fingerprint density at radius 1 is 1.26 bits per heavy atom. The van der Waals surface area contributed by atoms with Gasteiger partial charge in [0.15, 0.2) is 5.95 Å². The van der Waals surface area contributed by atoms with Crippen molar-refractivity contribution in [2.75, 3.05) is 26.7 Å². The molecule has 0 spiro atoms. The molecule has 0 saturated heterocycles. The Kier molecular flexibility index (Phi) is 4.29. The number of amides is 1. The Labute approximate surface area is 155 Å². The Balaban J connectivity index is 1.90. The molecule has 2 heterocycles. The van der Waals surface area contributed by atoms with Crippen LogP contribution in [0.25, 0.3) is 16.5 Å². The lowest BCUT2D eigenvalue weighted by atomic mass is 9.79. The van der Waals surface area contributed by atoms with Crippen molar-refractivity contribution in [3.63, 3.8) is 0 Å². The monoisotopic (exact) mass is 377 g/mol. The minimum Gasteiger partial charge on any atom is -0.343 e. The first kappa shape index (κ1) is 18.1. The normalized spacial score (nSPS) is 21.9. The average molecular weight is 377 g/mol. The number of halogens is 3. The van der Waals surface area contributed by atoms with Gasteiger partial charge in [-0.05, 0) is 32.9 Å². The van der Waals surface area contributed by atoms with Gasteiger partial charge < -0.3 is 9.88 Å². The second kappa shape index (κ2) is 6.41. The molecule has 27 heavy (non-hydrogen) atoms. The fourth-order valence-corrected chi connectivity index (χ4v) is 4.50. The van der Waals surface area contributed by atoms with Crippen LogP contribution in [-0.4, -0.2) is 53.4 Å². The summed E-state index contributed by atoms with van der Waals surface area (Å²) in [5.41, 5.74) is 1.14. The summed E-state index contributed by atoms with van der Waals surface area (Å²) < 4.78 is 43.3. The smallest absolute Gasteiger partial charge is 0.230 e. The van der Waals surface area contributed by atoms with Gasteiger partial charge in [-0.25, -0.2) is 8.78 Å². The van der Waals surface area contributed by atoms with Crippen molar-refractivity contribution in [1.29, 1.82) is 0 Å². The Morgan fingerprint density at radius 2 is 1.96 bits per heavy atom. The predicted octanol–water partition coefficient (Wildman–Crippen LogP) is 3.32. The van der Waals surface area contributed by atoms with Gasteiger partial charge in [-0.1, -0.05) is 6.08 Å². The fourth-order valence-electron chi connectivity index (χ4n) is 4.50. The van der Waals surface area contributed by atoms with Gasteiger partial charge in [-0.3, -0.25) is 9.69 Å². The predicted molar refractivity (Wildman–Crippen MR) is 97.7 cm³/mol. The second-order valence-electron chi connectivity index (χ2n) is 7.28. The van der Waals surface area contributed by atoms with Crippen LogP contribution in [0.5, 0.6) is 0 Å². The zero-order valence-electron chi connectivity index (χ0n) is 15.6. The maximum Gasteiger partial charge on any atom is 0.230 e. The van der Waals surface area contributed by atoms with Gasteiger partial charge in [0, 0.05) is 48.3 Å².